The van der Waals surface area contributed by atoms with Crippen LogP contribution in [-0.2, 0) is 0 Å². The van der Waals surface area contributed by atoms with Crippen molar-refractivity contribution in [3.63, 3.8) is 0 Å². The number of unbranched alkanes of at least 4 members (excludes halogenated alkanes) is 4. The van der Waals surface area contributed by atoms with Gasteiger partial charge in [-0.15, -0.1) is 0 Å². The summed E-state index contributed by atoms with van der Waals surface area (Å²) in [7, 11) is 0. The molecule has 0 heterocycles. The van der Waals surface area contributed by atoms with Crippen LogP contribution in [-0.4, -0.2) is 19.1 Å². The summed E-state index contributed by atoms with van der Waals surface area (Å²) in [5.74, 6) is 0. The van der Waals surface area contributed by atoms with E-state index in [1.54, 1.807) is 0 Å². The van der Waals surface area contributed by atoms with Gasteiger partial charge in [-0.05, 0) is 24.9 Å². The molecule has 0 rings (SSSR count). The fourth-order valence-electron chi connectivity index (χ4n) is 1.64. The first-order valence-corrected chi connectivity index (χ1v) is 6.49. The van der Waals surface area contributed by atoms with E-state index in [1.807, 2.05) is 0 Å². The maximum Gasteiger partial charge on any atom is 0.0952 e. The molecule has 96 valence electrons. The van der Waals surface area contributed by atoms with Gasteiger partial charge in [0.05, 0.1) is 12.1 Å². The van der Waals surface area contributed by atoms with Crippen LogP contribution in [0.15, 0.2) is 5.11 Å². The van der Waals surface area contributed by atoms with Crippen LogP contribution < -0.4 is 5.32 Å². The molecule has 0 fully saturated rings. The molecule has 17 heavy (non-hydrogen) atoms. The number of nitrogens with one attached hydrogen (secondary N) is 1. The van der Waals surface area contributed by atoms with E-state index in [2.05, 4.69) is 28.3 Å². The number of hydrogen-bond acceptors (Lipinski definition) is 3. The van der Waals surface area contributed by atoms with Crippen molar-refractivity contribution in [1.82, 2.24) is 5.32 Å². The third-order valence-corrected chi connectivity index (χ3v) is 2.64. The Kier molecular flexibility index (Phi) is 11.9. The van der Waals surface area contributed by atoms with Crippen molar-refractivity contribution in [3.05, 3.63) is 10.4 Å². The lowest BCUT2D eigenvalue weighted by molar-refractivity contribution is 0.514. The zero-order valence-corrected chi connectivity index (χ0v) is 10.7. The smallest absolute Gasteiger partial charge is 0.0952 e. The molecular weight excluding hydrogens is 214 g/mol. The van der Waals surface area contributed by atoms with Crippen LogP contribution in [0.4, 0.5) is 0 Å². The van der Waals surface area contributed by atoms with Gasteiger partial charge in [0.25, 0.3) is 0 Å². The Labute approximate surface area is 104 Å². The highest BCUT2D eigenvalue weighted by Crippen LogP contribution is 2.06. The minimum atomic E-state index is -0.0531. The van der Waals surface area contributed by atoms with Gasteiger partial charge in [-0.3, -0.25) is 0 Å². The van der Waals surface area contributed by atoms with Crippen molar-refractivity contribution < 1.29 is 0 Å². The van der Waals surface area contributed by atoms with Gasteiger partial charge >= 0.3 is 0 Å². The van der Waals surface area contributed by atoms with E-state index < -0.39 is 0 Å². The van der Waals surface area contributed by atoms with E-state index >= 15 is 0 Å². The summed E-state index contributed by atoms with van der Waals surface area (Å²) >= 11 is 0. The van der Waals surface area contributed by atoms with Gasteiger partial charge < -0.3 is 5.32 Å². The quantitative estimate of drug-likeness (QED) is 0.258. The zero-order valence-electron chi connectivity index (χ0n) is 10.7. The summed E-state index contributed by atoms with van der Waals surface area (Å²) in [6.45, 7) is 3.44. The Morgan fingerprint density at radius 1 is 1.29 bits per heavy atom. The highest BCUT2D eigenvalue weighted by Gasteiger charge is 2.04. The summed E-state index contributed by atoms with van der Waals surface area (Å²) < 4.78 is 0. The van der Waals surface area contributed by atoms with Gasteiger partial charge in [0.2, 0.25) is 0 Å². The van der Waals surface area contributed by atoms with Crippen LogP contribution in [0.25, 0.3) is 10.4 Å². The van der Waals surface area contributed by atoms with E-state index in [0.717, 1.165) is 25.8 Å². The average Bonchev–Trinajstić information content (AvgIpc) is 2.36. The molecule has 0 spiro atoms. The number of hydrogen-bond donors (Lipinski definition) is 1. The molecule has 0 aliphatic rings. The number of nitriles is 1. The van der Waals surface area contributed by atoms with Crippen LogP contribution in [0, 0.1) is 11.3 Å². The van der Waals surface area contributed by atoms with E-state index in [9.17, 15) is 0 Å². The summed E-state index contributed by atoms with van der Waals surface area (Å²) in [5.41, 5.74) is 8.09. The molecule has 1 N–H and O–H groups in total. The molecule has 0 aliphatic heterocycles. The van der Waals surface area contributed by atoms with Gasteiger partial charge in [-0.25, -0.2) is 0 Å². The van der Waals surface area contributed by atoms with Crippen LogP contribution >= 0.6 is 0 Å². The van der Waals surface area contributed by atoms with Crippen molar-refractivity contribution in [2.45, 2.75) is 57.9 Å². The molecule has 0 amide bonds. The first-order chi connectivity index (χ1) is 8.35. The molecule has 0 aromatic heterocycles. The van der Waals surface area contributed by atoms with Crippen molar-refractivity contribution in [2.75, 3.05) is 13.1 Å². The normalized spacial score (nSPS) is 11.5. The van der Waals surface area contributed by atoms with E-state index in [0.29, 0.717) is 6.54 Å². The molecule has 1 unspecified atom stereocenters. The first-order valence-electron chi connectivity index (χ1n) is 6.49. The predicted octanol–water partition coefficient (Wildman–Crippen LogP) is 3.53. The van der Waals surface area contributed by atoms with Crippen LogP contribution in [0.2, 0.25) is 0 Å². The lowest BCUT2D eigenvalue weighted by Gasteiger charge is -2.10. The van der Waals surface area contributed by atoms with Gasteiger partial charge in [-0.1, -0.05) is 44.1 Å². The Balaban J connectivity index is 3.43. The van der Waals surface area contributed by atoms with Crippen LogP contribution in [0.5, 0.6) is 0 Å². The molecule has 0 bridgehead atoms. The highest BCUT2D eigenvalue weighted by atomic mass is 15.1. The number of azide groups is 1. The van der Waals surface area contributed by atoms with Crippen molar-refractivity contribution in [3.8, 4) is 6.07 Å². The predicted molar refractivity (Wildman–Crippen MR) is 69.4 cm³/mol. The summed E-state index contributed by atoms with van der Waals surface area (Å²) in [5, 5.41) is 15.6. The SMILES string of the molecule is CCCCCCCC(C#N)NCCCN=[N+]=[N-]. The molecule has 0 saturated heterocycles. The lowest BCUT2D eigenvalue weighted by Crippen LogP contribution is -2.28. The van der Waals surface area contributed by atoms with E-state index in [1.165, 1.54) is 25.7 Å². The minimum Gasteiger partial charge on any atom is -0.302 e. The van der Waals surface area contributed by atoms with Crippen molar-refractivity contribution in [2.24, 2.45) is 5.11 Å². The summed E-state index contributed by atoms with van der Waals surface area (Å²) in [6, 6.07) is 2.22. The van der Waals surface area contributed by atoms with Crippen LogP contribution in [0.3, 0.4) is 0 Å². The zero-order chi connectivity index (χ0) is 12.8. The standard InChI is InChI=1S/C12H23N5/c1-2-3-4-5-6-8-12(11-13)15-9-7-10-16-17-14/h12,15H,2-10H2,1H3. The van der Waals surface area contributed by atoms with Crippen molar-refractivity contribution in [1.29, 1.82) is 5.26 Å². The average molecular weight is 237 g/mol. The van der Waals surface area contributed by atoms with Crippen molar-refractivity contribution >= 4 is 0 Å². The third kappa shape index (κ3) is 11.0. The monoisotopic (exact) mass is 237 g/mol. The highest BCUT2D eigenvalue weighted by molar-refractivity contribution is 4.89. The second-order valence-corrected chi connectivity index (χ2v) is 4.15. The van der Waals surface area contributed by atoms with Gasteiger partial charge in [-0.2, -0.15) is 5.26 Å². The van der Waals surface area contributed by atoms with E-state index in [4.69, 9.17) is 10.8 Å². The molecule has 5 heteroatoms. The molecular formula is C12H23N5. The largest absolute Gasteiger partial charge is 0.302 e. The van der Waals surface area contributed by atoms with Crippen LogP contribution in [0.1, 0.15) is 51.9 Å². The molecule has 0 aliphatic carbocycles. The van der Waals surface area contributed by atoms with Gasteiger partial charge in [0.15, 0.2) is 0 Å². The minimum absolute atomic E-state index is 0.0531. The Morgan fingerprint density at radius 3 is 2.71 bits per heavy atom. The molecule has 0 radical (unpaired) electrons. The molecule has 0 saturated carbocycles. The lowest BCUT2D eigenvalue weighted by atomic mass is 10.1. The Morgan fingerprint density at radius 2 is 2.06 bits per heavy atom. The second kappa shape index (κ2) is 12.8. The number of rotatable bonds is 11. The topological polar surface area (TPSA) is 84.6 Å². The maximum atomic E-state index is 8.94. The molecule has 0 aromatic carbocycles. The molecule has 0 aromatic rings. The maximum absolute atomic E-state index is 8.94. The molecule has 5 nitrogen and oxygen atoms in total. The van der Waals surface area contributed by atoms with E-state index in [-0.39, 0.29) is 6.04 Å². The fraction of sp³-hybridized carbons (Fsp3) is 0.917. The third-order valence-electron chi connectivity index (χ3n) is 2.64. The fourth-order valence-corrected chi connectivity index (χ4v) is 1.64. The molecule has 1 atom stereocenters. The Hall–Kier alpha value is -1.24. The first kappa shape index (κ1) is 15.8. The second-order valence-electron chi connectivity index (χ2n) is 4.15. The summed E-state index contributed by atoms with van der Waals surface area (Å²) in [4.78, 5) is 2.68. The van der Waals surface area contributed by atoms with Gasteiger partial charge in [0, 0.05) is 11.5 Å². The Bertz CT molecular complexity index is 252. The number of nitrogens with zero attached hydrogens (tertiary/aromatic N) is 4. The van der Waals surface area contributed by atoms with Gasteiger partial charge in [0.1, 0.15) is 0 Å². The summed E-state index contributed by atoms with van der Waals surface area (Å²) in [6.07, 6.45) is 7.84.